The van der Waals surface area contributed by atoms with E-state index in [1.54, 1.807) is 0 Å². The Morgan fingerprint density at radius 3 is 2.88 bits per heavy atom. The van der Waals surface area contributed by atoms with Crippen LogP contribution in [-0.4, -0.2) is 18.3 Å². The van der Waals surface area contributed by atoms with Gasteiger partial charge >= 0.3 is 0 Å². The fourth-order valence-corrected chi connectivity index (χ4v) is 3.35. The summed E-state index contributed by atoms with van der Waals surface area (Å²) in [7, 11) is 0. The molecule has 2 aliphatic rings. The molecule has 0 saturated carbocycles. The lowest BCUT2D eigenvalue weighted by Gasteiger charge is -2.26. The third kappa shape index (κ3) is 2.12. The van der Waals surface area contributed by atoms with Crippen LogP contribution in [0.5, 0.6) is 0 Å². The number of ether oxygens (including phenoxy) is 1. The molecule has 0 amide bonds. The van der Waals surface area contributed by atoms with Gasteiger partial charge in [0.05, 0.1) is 6.10 Å². The van der Waals surface area contributed by atoms with Crippen molar-refractivity contribution in [3.05, 3.63) is 35.4 Å². The number of rotatable bonds is 1. The second kappa shape index (κ2) is 4.79. The second-order valence-electron chi connectivity index (χ2n) is 5.32. The number of fused-ring (bicyclic) bond motifs is 1. The molecule has 1 aliphatic carbocycles. The minimum Gasteiger partial charge on any atom is -0.388 e. The minimum atomic E-state index is -0.291. The quantitative estimate of drug-likeness (QED) is 0.754. The van der Waals surface area contributed by atoms with E-state index in [0.29, 0.717) is 11.8 Å². The molecule has 2 nitrogen and oxygen atoms in total. The van der Waals surface area contributed by atoms with Gasteiger partial charge in [0, 0.05) is 13.2 Å². The molecule has 1 fully saturated rings. The first kappa shape index (κ1) is 11.2. The summed E-state index contributed by atoms with van der Waals surface area (Å²) in [4.78, 5) is 0. The number of benzene rings is 1. The van der Waals surface area contributed by atoms with Gasteiger partial charge < -0.3 is 9.84 Å². The summed E-state index contributed by atoms with van der Waals surface area (Å²) in [5.41, 5.74) is 2.49. The van der Waals surface area contributed by atoms with Crippen LogP contribution < -0.4 is 0 Å². The van der Waals surface area contributed by atoms with Crippen molar-refractivity contribution in [2.75, 3.05) is 13.2 Å². The highest BCUT2D eigenvalue weighted by Crippen LogP contribution is 2.39. The normalized spacial score (nSPS) is 33.1. The molecule has 0 radical (unpaired) electrons. The SMILES string of the molecule is OC1c2ccccc2CCCC1C1CCOC1. The van der Waals surface area contributed by atoms with Gasteiger partial charge in [-0.1, -0.05) is 24.3 Å². The summed E-state index contributed by atoms with van der Waals surface area (Å²) >= 11 is 0. The molecular formula is C15H20O2. The third-order valence-corrected chi connectivity index (χ3v) is 4.33. The maximum Gasteiger partial charge on any atom is 0.0824 e. The molecule has 92 valence electrons. The highest BCUT2D eigenvalue weighted by Gasteiger charge is 2.33. The minimum absolute atomic E-state index is 0.291. The van der Waals surface area contributed by atoms with Crippen molar-refractivity contribution in [3.63, 3.8) is 0 Å². The van der Waals surface area contributed by atoms with E-state index in [1.807, 2.05) is 6.07 Å². The predicted molar refractivity (Wildman–Crippen MR) is 66.8 cm³/mol. The van der Waals surface area contributed by atoms with Gasteiger partial charge in [-0.15, -0.1) is 0 Å². The monoisotopic (exact) mass is 232 g/mol. The Kier molecular flexibility index (Phi) is 3.17. The van der Waals surface area contributed by atoms with Crippen molar-refractivity contribution in [1.82, 2.24) is 0 Å². The molecule has 1 aromatic rings. The summed E-state index contributed by atoms with van der Waals surface area (Å²) in [5.74, 6) is 0.942. The van der Waals surface area contributed by atoms with Crippen LogP contribution in [-0.2, 0) is 11.2 Å². The number of aryl methyl sites for hydroxylation is 1. The van der Waals surface area contributed by atoms with Gasteiger partial charge in [0.2, 0.25) is 0 Å². The Bertz CT molecular complexity index is 382. The molecule has 0 bridgehead atoms. The predicted octanol–water partition coefficient (Wildman–Crippen LogP) is 2.71. The molecule has 17 heavy (non-hydrogen) atoms. The van der Waals surface area contributed by atoms with Crippen LogP contribution in [0.2, 0.25) is 0 Å². The average molecular weight is 232 g/mol. The fourth-order valence-electron chi connectivity index (χ4n) is 3.35. The number of aliphatic hydroxyl groups is 1. The third-order valence-electron chi connectivity index (χ3n) is 4.33. The van der Waals surface area contributed by atoms with Gasteiger partial charge in [0.25, 0.3) is 0 Å². The second-order valence-corrected chi connectivity index (χ2v) is 5.32. The average Bonchev–Trinajstić information content (AvgIpc) is 2.83. The first-order valence-electron chi connectivity index (χ1n) is 6.70. The van der Waals surface area contributed by atoms with Crippen LogP contribution in [0.4, 0.5) is 0 Å². The number of hydrogen-bond donors (Lipinski definition) is 1. The largest absolute Gasteiger partial charge is 0.388 e. The van der Waals surface area contributed by atoms with Crippen LogP contribution in [0.15, 0.2) is 24.3 Å². The highest BCUT2D eigenvalue weighted by molar-refractivity contribution is 5.30. The summed E-state index contributed by atoms with van der Waals surface area (Å²) in [5, 5.41) is 10.6. The van der Waals surface area contributed by atoms with Crippen LogP contribution >= 0.6 is 0 Å². The van der Waals surface area contributed by atoms with Crippen molar-refractivity contribution in [2.45, 2.75) is 31.8 Å². The highest BCUT2D eigenvalue weighted by atomic mass is 16.5. The van der Waals surface area contributed by atoms with E-state index >= 15 is 0 Å². The molecule has 0 spiro atoms. The Morgan fingerprint density at radius 2 is 2.06 bits per heavy atom. The van der Waals surface area contributed by atoms with E-state index in [9.17, 15) is 5.11 Å². The molecular weight excluding hydrogens is 212 g/mol. The van der Waals surface area contributed by atoms with Crippen LogP contribution in [0.25, 0.3) is 0 Å². The molecule has 1 heterocycles. The summed E-state index contributed by atoms with van der Waals surface area (Å²) in [6.45, 7) is 1.71. The van der Waals surface area contributed by atoms with Crippen molar-refractivity contribution < 1.29 is 9.84 Å². The standard InChI is InChI=1S/C15H20O2/c16-15-13-6-2-1-4-11(13)5-3-7-14(15)12-8-9-17-10-12/h1-2,4,6,12,14-16H,3,5,7-10H2. The summed E-state index contributed by atoms with van der Waals surface area (Å²) in [6, 6.07) is 8.36. The van der Waals surface area contributed by atoms with E-state index in [4.69, 9.17) is 4.74 Å². The van der Waals surface area contributed by atoms with E-state index in [2.05, 4.69) is 18.2 Å². The number of hydrogen-bond acceptors (Lipinski definition) is 2. The fraction of sp³-hybridized carbons (Fsp3) is 0.600. The number of aliphatic hydroxyl groups excluding tert-OH is 1. The first-order chi connectivity index (χ1) is 8.36. The van der Waals surface area contributed by atoms with Crippen molar-refractivity contribution in [1.29, 1.82) is 0 Å². The van der Waals surface area contributed by atoms with E-state index in [-0.39, 0.29) is 6.10 Å². The molecule has 3 unspecified atom stereocenters. The maximum absolute atomic E-state index is 10.6. The van der Waals surface area contributed by atoms with E-state index in [0.717, 1.165) is 38.0 Å². The van der Waals surface area contributed by atoms with Gasteiger partial charge in [0.15, 0.2) is 0 Å². The Morgan fingerprint density at radius 1 is 1.18 bits per heavy atom. The zero-order valence-electron chi connectivity index (χ0n) is 10.1. The van der Waals surface area contributed by atoms with Gasteiger partial charge in [-0.3, -0.25) is 0 Å². The lowest BCUT2D eigenvalue weighted by molar-refractivity contribution is 0.0607. The zero-order chi connectivity index (χ0) is 11.7. The van der Waals surface area contributed by atoms with Gasteiger partial charge in [0.1, 0.15) is 0 Å². The first-order valence-corrected chi connectivity index (χ1v) is 6.70. The van der Waals surface area contributed by atoms with Crippen molar-refractivity contribution in [2.24, 2.45) is 11.8 Å². The molecule has 1 aromatic carbocycles. The molecule has 3 atom stereocenters. The lowest BCUT2D eigenvalue weighted by Crippen LogP contribution is -2.22. The van der Waals surface area contributed by atoms with Gasteiger partial charge in [-0.05, 0) is 48.6 Å². The van der Waals surface area contributed by atoms with E-state index < -0.39 is 0 Å². The Balaban J connectivity index is 1.88. The topological polar surface area (TPSA) is 29.5 Å². The van der Waals surface area contributed by atoms with Crippen LogP contribution in [0.1, 0.15) is 36.5 Å². The maximum atomic E-state index is 10.6. The molecule has 1 saturated heterocycles. The van der Waals surface area contributed by atoms with Crippen molar-refractivity contribution >= 4 is 0 Å². The smallest absolute Gasteiger partial charge is 0.0824 e. The molecule has 0 aromatic heterocycles. The Hall–Kier alpha value is -0.860. The Labute approximate surface area is 103 Å². The van der Waals surface area contributed by atoms with Crippen LogP contribution in [0, 0.1) is 11.8 Å². The van der Waals surface area contributed by atoms with Gasteiger partial charge in [-0.25, -0.2) is 0 Å². The van der Waals surface area contributed by atoms with Crippen molar-refractivity contribution in [3.8, 4) is 0 Å². The molecule has 2 heteroatoms. The summed E-state index contributed by atoms with van der Waals surface area (Å²) in [6.07, 6.45) is 4.25. The van der Waals surface area contributed by atoms with Crippen LogP contribution in [0.3, 0.4) is 0 Å². The van der Waals surface area contributed by atoms with E-state index in [1.165, 1.54) is 12.0 Å². The molecule has 1 N–H and O–H groups in total. The molecule has 3 rings (SSSR count). The molecule has 1 aliphatic heterocycles. The summed E-state index contributed by atoms with van der Waals surface area (Å²) < 4.78 is 5.48. The zero-order valence-corrected chi connectivity index (χ0v) is 10.1. The van der Waals surface area contributed by atoms with Gasteiger partial charge in [-0.2, -0.15) is 0 Å². The lowest BCUT2D eigenvalue weighted by atomic mass is 9.82.